The third-order valence-electron chi connectivity index (χ3n) is 5.16. The van der Waals surface area contributed by atoms with Gasteiger partial charge >= 0.3 is 0 Å². The van der Waals surface area contributed by atoms with Crippen molar-refractivity contribution in [2.45, 2.75) is 50.4 Å². The summed E-state index contributed by atoms with van der Waals surface area (Å²) in [7, 11) is 2.22. The highest BCUT2D eigenvalue weighted by Gasteiger charge is 2.35. The average molecular weight is 359 g/mol. The van der Waals surface area contributed by atoms with Crippen LogP contribution in [0, 0.1) is 0 Å². The molecule has 2 bridgehead atoms. The van der Waals surface area contributed by atoms with E-state index >= 15 is 0 Å². The van der Waals surface area contributed by atoms with E-state index in [-0.39, 0.29) is 12.4 Å². The molecule has 6 heteroatoms. The maximum absolute atomic E-state index is 6.34. The Morgan fingerprint density at radius 2 is 1.87 bits per heavy atom. The molecule has 0 saturated carbocycles. The Kier molecular flexibility index (Phi) is 5.26. The zero-order valence-electron chi connectivity index (χ0n) is 13.4. The molecule has 128 valence electrons. The Morgan fingerprint density at radius 3 is 2.61 bits per heavy atom. The van der Waals surface area contributed by atoms with Gasteiger partial charge in [-0.2, -0.15) is 0 Å². The topological polar surface area (TPSA) is 33.7 Å². The van der Waals surface area contributed by atoms with Crippen molar-refractivity contribution < 1.29 is 9.47 Å². The van der Waals surface area contributed by atoms with Crippen molar-refractivity contribution in [2.75, 3.05) is 20.3 Å². The molecule has 0 aromatic heterocycles. The molecule has 3 heterocycles. The van der Waals surface area contributed by atoms with E-state index in [1.807, 2.05) is 6.07 Å². The van der Waals surface area contributed by atoms with Crippen LogP contribution in [0.25, 0.3) is 0 Å². The number of benzene rings is 1. The second kappa shape index (κ2) is 7.06. The summed E-state index contributed by atoms with van der Waals surface area (Å²) in [5.74, 6) is 1.48. The van der Waals surface area contributed by atoms with E-state index in [4.69, 9.17) is 21.1 Å². The van der Waals surface area contributed by atoms with E-state index in [1.54, 1.807) is 0 Å². The van der Waals surface area contributed by atoms with Crippen LogP contribution in [-0.2, 0) is 6.54 Å². The third kappa shape index (κ3) is 3.55. The molecule has 3 aliphatic rings. The lowest BCUT2D eigenvalue weighted by Crippen LogP contribution is -2.46. The molecule has 0 spiro atoms. The lowest BCUT2D eigenvalue weighted by molar-refractivity contribution is 0.162. The van der Waals surface area contributed by atoms with Gasteiger partial charge in [0.15, 0.2) is 11.5 Å². The van der Waals surface area contributed by atoms with Gasteiger partial charge in [-0.25, -0.2) is 0 Å². The van der Waals surface area contributed by atoms with Gasteiger partial charge in [0, 0.05) is 24.7 Å². The van der Waals surface area contributed by atoms with Gasteiger partial charge in [-0.1, -0.05) is 11.6 Å². The van der Waals surface area contributed by atoms with Crippen molar-refractivity contribution >= 4 is 24.0 Å². The number of fused-ring (bicyclic) bond motifs is 3. The Labute approximate surface area is 148 Å². The molecule has 4 rings (SSSR count). The van der Waals surface area contributed by atoms with Crippen LogP contribution in [0.15, 0.2) is 12.1 Å². The molecular weight excluding hydrogens is 335 g/mol. The predicted octanol–water partition coefficient (Wildman–Crippen LogP) is 3.25. The van der Waals surface area contributed by atoms with Gasteiger partial charge in [-0.3, -0.25) is 4.90 Å². The summed E-state index contributed by atoms with van der Waals surface area (Å²) in [4.78, 5) is 2.47. The molecule has 2 unspecified atom stereocenters. The molecular formula is C17H24Cl2N2O2. The lowest BCUT2D eigenvalue weighted by atomic mass is 9.98. The quantitative estimate of drug-likeness (QED) is 0.898. The molecule has 0 aliphatic carbocycles. The molecule has 3 aliphatic heterocycles. The molecule has 0 amide bonds. The highest BCUT2D eigenvalue weighted by molar-refractivity contribution is 6.32. The molecule has 2 saturated heterocycles. The standard InChI is InChI=1S/C17H23ClN2O2.ClH/c1-20(14-8-12-2-3-13(9-14)19-12)10-11-6-15(18)17-16(7-11)21-4-5-22-17;/h6-7,12-14,19H,2-5,8-10H2,1H3;1H. The van der Waals surface area contributed by atoms with E-state index in [1.165, 1.54) is 31.2 Å². The van der Waals surface area contributed by atoms with Gasteiger partial charge in [-0.05, 0) is 50.4 Å². The molecule has 1 aromatic rings. The maximum Gasteiger partial charge on any atom is 0.179 e. The largest absolute Gasteiger partial charge is 0.486 e. The van der Waals surface area contributed by atoms with Crippen LogP contribution < -0.4 is 14.8 Å². The first-order chi connectivity index (χ1) is 10.7. The molecule has 4 nitrogen and oxygen atoms in total. The van der Waals surface area contributed by atoms with Crippen LogP contribution in [0.4, 0.5) is 0 Å². The van der Waals surface area contributed by atoms with Crippen molar-refractivity contribution in [2.24, 2.45) is 0 Å². The minimum absolute atomic E-state index is 0. The van der Waals surface area contributed by atoms with Crippen LogP contribution >= 0.6 is 24.0 Å². The third-order valence-corrected chi connectivity index (χ3v) is 5.44. The first-order valence-electron chi connectivity index (χ1n) is 8.23. The molecule has 23 heavy (non-hydrogen) atoms. The van der Waals surface area contributed by atoms with Crippen molar-refractivity contribution in [1.29, 1.82) is 0 Å². The van der Waals surface area contributed by atoms with Gasteiger partial charge in [0.25, 0.3) is 0 Å². The van der Waals surface area contributed by atoms with Gasteiger partial charge < -0.3 is 14.8 Å². The van der Waals surface area contributed by atoms with Crippen LogP contribution in [-0.4, -0.2) is 43.3 Å². The Balaban J connectivity index is 0.00000156. The smallest absolute Gasteiger partial charge is 0.179 e. The van der Waals surface area contributed by atoms with Crippen molar-refractivity contribution in [3.63, 3.8) is 0 Å². The Morgan fingerprint density at radius 1 is 1.17 bits per heavy atom. The number of halogens is 2. The Bertz CT molecular complexity index is 558. The summed E-state index contributed by atoms with van der Waals surface area (Å²) >= 11 is 6.34. The van der Waals surface area contributed by atoms with Crippen LogP contribution in [0.2, 0.25) is 5.02 Å². The normalized spacial score (nSPS) is 28.6. The number of rotatable bonds is 3. The number of nitrogens with one attached hydrogen (secondary N) is 1. The second-order valence-electron chi connectivity index (χ2n) is 6.78. The second-order valence-corrected chi connectivity index (χ2v) is 7.19. The van der Waals surface area contributed by atoms with Gasteiger partial charge in [0.1, 0.15) is 13.2 Å². The van der Waals surface area contributed by atoms with Gasteiger partial charge in [-0.15, -0.1) is 12.4 Å². The number of hydrogen-bond acceptors (Lipinski definition) is 4. The predicted molar refractivity (Wildman–Crippen MR) is 94.1 cm³/mol. The molecule has 0 radical (unpaired) electrons. The summed E-state index contributed by atoms with van der Waals surface area (Å²) < 4.78 is 11.3. The summed E-state index contributed by atoms with van der Waals surface area (Å²) in [6.07, 6.45) is 5.19. The van der Waals surface area contributed by atoms with Crippen LogP contribution in [0.5, 0.6) is 11.5 Å². The van der Waals surface area contributed by atoms with E-state index in [2.05, 4.69) is 23.3 Å². The summed E-state index contributed by atoms with van der Waals surface area (Å²) in [6.45, 7) is 2.07. The maximum atomic E-state index is 6.34. The number of nitrogens with zero attached hydrogens (tertiary/aromatic N) is 1. The van der Waals surface area contributed by atoms with E-state index in [0.29, 0.717) is 30.0 Å². The average Bonchev–Trinajstić information content (AvgIpc) is 2.85. The minimum atomic E-state index is 0. The molecule has 2 fully saturated rings. The SMILES string of the molecule is CN(Cc1cc(Cl)c2c(c1)OCCO2)C1CC2CCC(C1)N2.Cl. The molecule has 1 N–H and O–H groups in total. The Hall–Kier alpha value is -0.680. The first kappa shape index (κ1) is 17.2. The van der Waals surface area contributed by atoms with Crippen molar-refractivity contribution in [1.82, 2.24) is 10.2 Å². The van der Waals surface area contributed by atoms with Crippen LogP contribution in [0.1, 0.15) is 31.2 Å². The number of ether oxygens (including phenoxy) is 2. The zero-order valence-corrected chi connectivity index (χ0v) is 15.0. The fourth-order valence-corrected chi connectivity index (χ4v) is 4.35. The van der Waals surface area contributed by atoms with Crippen molar-refractivity contribution in [3.05, 3.63) is 22.7 Å². The summed E-state index contributed by atoms with van der Waals surface area (Å²) in [5, 5.41) is 4.36. The highest BCUT2D eigenvalue weighted by atomic mass is 35.5. The number of hydrogen-bond donors (Lipinski definition) is 1. The van der Waals surface area contributed by atoms with E-state index in [0.717, 1.165) is 24.4 Å². The lowest BCUT2D eigenvalue weighted by Gasteiger charge is -2.35. The minimum Gasteiger partial charge on any atom is -0.486 e. The van der Waals surface area contributed by atoms with Crippen molar-refractivity contribution in [3.8, 4) is 11.5 Å². The first-order valence-corrected chi connectivity index (χ1v) is 8.61. The van der Waals surface area contributed by atoms with Crippen LogP contribution in [0.3, 0.4) is 0 Å². The molecule has 1 aromatic carbocycles. The fraction of sp³-hybridized carbons (Fsp3) is 0.647. The zero-order chi connectivity index (χ0) is 15.1. The monoisotopic (exact) mass is 358 g/mol. The van der Waals surface area contributed by atoms with E-state index < -0.39 is 0 Å². The fourth-order valence-electron chi connectivity index (χ4n) is 4.06. The van der Waals surface area contributed by atoms with E-state index in [9.17, 15) is 0 Å². The highest BCUT2D eigenvalue weighted by Crippen LogP contribution is 2.39. The molecule has 2 atom stereocenters. The number of piperidine rings is 1. The van der Waals surface area contributed by atoms with Gasteiger partial charge in [0.2, 0.25) is 0 Å². The van der Waals surface area contributed by atoms with Gasteiger partial charge in [0.05, 0.1) is 5.02 Å². The summed E-state index contributed by atoms with van der Waals surface area (Å²) in [5.41, 5.74) is 1.20. The summed E-state index contributed by atoms with van der Waals surface area (Å²) in [6, 6.07) is 6.18.